The molecule has 0 saturated heterocycles. The van der Waals surface area contributed by atoms with Gasteiger partial charge in [0.05, 0.1) is 11.6 Å². The Balaban J connectivity index is 0.000000461. The highest BCUT2D eigenvalue weighted by Gasteiger charge is 1.97. The third-order valence-corrected chi connectivity index (χ3v) is 1.82. The van der Waals surface area contributed by atoms with Gasteiger partial charge >= 0.3 is 0 Å². The monoisotopic (exact) mass is 190 g/mol. The molecule has 2 heteroatoms. The Bertz CT molecular complexity index is 469. The minimum atomic E-state index is 0.0104. The highest BCUT2D eigenvalue weighted by molar-refractivity contribution is 5.76. The molecule has 0 unspecified atom stereocenters. The van der Waals surface area contributed by atoms with Crippen molar-refractivity contribution in [1.29, 1.82) is 0 Å². The van der Waals surface area contributed by atoms with Crippen LogP contribution < -0.4 is 5.43 Å². The first-order valence-electron chi connectivity index (χ1n) is 4.75. The number of benzene rings is 1. The maximum Gasteiger partial charge on any atom is 0.192 e. The summed E-state index contributed by atoms with van der Waals surface area (Å²) in [4.78, 5) is 11.2. The Morgan fingerprint density at radius 2 is 1.86 bits per heavy atom. The van der Waals surface area contributed by atoms with Gasteiger partial charge in [0.25, 0.3) is 0 Å². The molecular weight excluding hydrogens is 176 g/mol. The SMILES string of the molecule is CC.Cc1ccc2c(=O)ccoc2c1. The van der Waals surface area contributed by atoms with Crippen LogP contribution in [0.1, 0.15) is 19.4 Å². The van der Waals surface area contributed by atoms with Crippen molar-refractivity contribution >= 4 is 11.0 Å². The van der Waals surface area contributed by atoms with Crippen LogP contribution in [0.2, 0.25) is 0 Å². The number of hydrogen-bond acceptors (Lipinski definition) is 2. The lowest BCUT2D eigenvalue weighted by Gasteiger charge is -1.95. The second-order valence-electron chi connectivity index (χ2n) is 2.78. The predicted octanol–water partition coefficient (Wildman–Crippen LogP) is 3.13. The van der Waals surface area contributed by atoms with Gasteiger partial charge in [-0.3, -0.25) is 4.79 Å². The van der Waals surface area contributed by atoms with Crippen LogP contribution in [0, 0.1) is 6.92 Å². The van der Waals surface area contributed by atoms with Gasteiger partial charge < -0.3 is 4.42 Å². The van der Waals surface area contributed by atoms with E-state index in [9.17, 15) is 4.79 Å². The molecule has 2 rings (SSSR count). The van der Waals surface area contributed by atoms with E-state index in [0.717, 1.165) is 5.56 Å². The molecule has 0 amide bonds. The first kappa shape index (κ1) is 10.5. The van der Waals surface area contributed by atoms with Crippen molar-refractivity contribution in [3.8, 4) is 0 Å². The first-order chi connectivity index (χ1) is 6.77. The minimum absolute atomic E-state index is 0.0104. The van der Waals surface area contributed by atoms with Crippen LogP contribution >= 0.6 is 0 Å². The van der Waals surface area contributed by atoms with Gasteiger partial charge in [-0.1, -0.05) is 19.9 Å². The number of fused-ring (bicyclic) bond motifs is 1. The van der Waals surface area contributed by atoms with Crippen molar-refractivity contribution in [3.05, 3.63) is 46.3 Å². The van der Waals surface area contributed by atoms with E-state index in [2.05, 4.69) is 0 Å². The molecule has 0 N–H and O–H groups in total. The molecular formula is C12H14O2. The van der Waals surface area contributed by atoms with Crippen LogP contribution in [0.5, 0.6) is 0 Å². The second-order valence-corrected chi connectivity index (χ2v) is 2.78. The van der Waals surface area contributed by atoms with Gasteiger partial charge in [-0.2, -0.15) is 0 Å². The van der Waals surface area contributed by atoms with E-state index in [0.29, 0.717) is 11.0 Å². The van der Waals surface area contributed by atoms with Crippen molar-refractivity contribution in [2.45, 2.75) is 20.8 Å². The van der Waals surface area contributed by atoms with E-state index < -0.39 is 0 Å². The summed E-state index contributed by atoms with van der Waals surface area (Å²) in [5.41, 5.74) is 1.76. The summed E-state index contributed by atoms with van der Waals surface area (Å²) in [7, 11) is 0. The maximum absolute atomic E-state index is 11.2. The van der Waals surface area contributed by atoms with E-state index >= 15 is 0 Å². The average Bonchev–Trinajstić information content (AvgIpc) is 2.21. The van der Waals surface area contributed by atoms with Gasteiger partial charge in [-0.15, -0.1) is 0 Å². The zero-order valence-corrected chi connectivity index (χ0v) is 8.70. The van der Waals surface area contributed by atoms with Crippen molar-refractivity contribution in [2.24, 2.45) is 0 Å². The van der Waals surface area contributed by atoms with Crippen LogP contribution in [0.15, 0.2) is 39.7 Å². The fourth-order valence-corrected chi connectivity index (χ4v) is 1.19. The molecule has 14 heavy (non-hydrogen) atoms. The number of rotatable bonds is 0. The Hall–Kier alpha value is -1.57. The lowest BCUT2D eigenvalue weighted by Crippen LogP contribution is -1.97. The molecule has 0 aliphatic rings. The van der Waals surface area contributed by atoms with E-state index in [1.807, 2.05) is 32.9 Å². The highest BCUT2D eigenvalue weighted by Crippen LogP contribution is 2.10. The normalized spacial score (nSPS) is 9.36. The molecule has 2 nitrogen and oxygen atoms in total. The molecule has 74 valence electrons. The average molecular weight is 190 g/mol. The van der Waals surface area contributed by atoms with Gasteiger partial charge in [0.15, 0.2) is 5.43 Å². The Morgan fingerprint density at radius 3 is 2.57 bits per heavy atom. The summed E-state index contributed by atoms with van der Waals surface area (Å²) in [5, 5.41) is 0.642. The van der Waals surface area contributed by atoms with E-state index in [-0.39, 0.29) is 5.43 Å². The van der Waals surface area contributed by atoms with E-state index in [1.54, 1.807) is 6.07 Å². The summed E-state index contributed by atoms with van der Waals surface area (Å²) in [6.45, 7) is 5.96. The predicted molar refractivity (Wildman–Crippen MR) is 58.6 cm³/mol. The molecule has 0 saturated carbocycles. The number of aryl methyl sites for hydroxylation is 1. The van der Waals surface area contributed by atoms with Crippen LogP contribution in [0.4, 0.5) is 0 Å². The molecule has 0 aliphatic heterocycles. The summed E-state index contributed by atoms with van der Waals surface area (Å²) < 4.78 is 5.17. The van der Waals surface area contributed by atoms with E-state index in [4.69, 9.17) is 4.42 Å². The van der Waals surface area contributed by atoms with Crippen LogP contribution in [-0.4, -0.2) is 0 Å². The Kier molecular flexibility index (Phi) is 3.46. The lowest BCUT2D eigenvalue weighted by atomic mass is 10.2. The van der Waals surface area contributed by atoms with Crippen LogP contribution in [0.25, 0.3) is 11.0 Å². The van der Waals surface area contributed by atoms with Gasteiger partial charge in [-0.25, -0.2) is 0 Å². The van der Waals surface area contributed by atoms with Crippen molar-refractivity contribution in [2.75, 3.05) is 0 Å². The van der Waals surface area contributed by atoms with Crippen LogP contribution in [-0.2, 0) is 0 Å². The van der Waals surface area contributed by atoms with Gasteiger partial charge in [0.1, 0.15) is 5.58 Å². The molecule has 2 aromatic rings. The van der Waals surface area contributed by atoms with Gasteiger partial charge in [0, 0.05) is 6.07 Å². The molecule has 1 heterocycles. The summed E-state index contributed by atoms with van der Waals surface area (Å²) in [6.07, 6.45) is 1.42. The topological polar surface area (TPSA) is 30.2 Å². The Labute approximate surface area is 83.2 Å². The molecule has 0 atom stereocenters. The van der Waals surface area contributed by atoms with E-state index in [1.165, 1.54) is 12.3 Å². The fourth-order valence-electron chi connectivity index (χ4n) is 1.19. The standard InChI is InChI=1S/C10H8O2.C2H6/c1-7-2-3-8-9(11)4-5-12-10(8)6-7;1-2/h2-6H,1H3;1-2H3. The maximum atomic E-state index is 11.2. The van der Waals surface area contributed by atoms with Gasteiger partial charge in [0.2, 0.25) is 0 Å². The smallest absolute Gasteiger partial charge is 0.192 e. The van der Waals surface area contributed by atoms with Gasteiger partial charge in [-0.05, 0) is 24.6 Å². The largest absolute Gasteiger partial charge is 0.464 e. The fraction of sp³-hybridized carbons (Fsp3) is 0.250. The lowest BCUT2D eigenvalue weighted by molar-refractivity contribution is 0.602. The third kappa shape index (κ3) is 2.02. The van der Waals surface area contributed by atoms with Crippen LogP contribution in [0.3, 0.4) is 0 Å². The number of hydrogen-bond donors (Lipinski definition) is 0. The summed E-state index contributed by atoms with van der Waals surface area (Å²) in [5.74, 6) is 0. The molecule has 0 spiro atoms. The zero-order valence-electron chi connectivity index (χ0n) is 8.70. The minimum Gasteiger partial charge on any atom is -0.464 e. The quantitative estimate of drug-likeness (QED) is 0.638. The molecule has 1 aromatic heterocycles. The Morgan fingerprint density at radius 1 is 1.14 bits per heavy atom. The zero-order chi connectivity index (χ0) is 10.6. The third-order valence-electron chi connectivity index (χ3n) is 1.82. The van der Waals surface area contributed by atoms with Crippen molar-refractivity contribution < 1.29 is 4.42 Å². The van der Waals surface area contributed by atoms with Crippen molar-refractivity contribution in [1.82, 2.24) is 0 Å². The summed E-state index contributed by atoms with van der Waals surface area (Å²) >= 11 is 0. The highest BCUT2D eigenvalue weighted by atomic mass is 16.3. The molecule has 0 aliphatic carbocycles. The second kappa shape index (κ2) is 4.61. The summed E-state index contributed by atoms with van der Waals surface area (Å²) in [6, 6.07) is 6.98. The van der Waals surface area contributed by atoms with Crippen molar-refractivity contribution in [3.63, 3.8) is 0 Å². The molecule has 0 fully saturated rings. The molecule has 1 aromatic carbocycles. The molecule has 0 bridgehead atoms. The molecule has 0 radical (unpaired) electrons. The first-order valence-corrected chi connectivity index (χ1v) is 4.75.